The third kappa shape index (κ3) is 458. The summed E-state index contributed by atoms with van der Waals surface area (Å²) in [6.07, 6.45) is 0.500. The summed E-state index contributed by atoms with van der Waals surface area (Å²) < 4.78 is 0.169. The molecule has 0 bridgehead atoms. The Labute approximate surface area is 187 Å². The van der Waals surface area contributed by atoms with E-state index in [1.54, 1.807) is 14.1 Å². The van der Waals surface area contributed by atoms with Crippen LogP contribution in [0.3, 0.4) is 0 Å². The number of quaternary nitrogens is 1. The molecule has 0 saturated carbocycles. The molecule has 0 unspecified atom stereocenters. The fourth-order valence-corrected chi connectivity index (χ4v) is 0.349. The van der Waals surface area contributed by atoms with E-state index in [0.29, 0.717) is 6.29 Å². The maximum atomic E-state index is 9.85. The summed E-state index contributed by atoms with van der Waals surface area (Å²) in [5, 5.41) is 9.85. The SMILES string of the molecule is C.C.C.C.C.CC.CC.CC.[Ac].[CH2-]C=O.[CH2-][N+](C)(C)CC(=O)[O-].[Rf]. The van der Waals surface area contributed by atoms with Crippen molar-refractivity contribution in [2.75, 3.05) is 20.6 Å². The van der Waals surface area contributed by atoms with Crippen molar-refractivity contribution in [3.8, 4) is 0 Å². The third-order valence-electron chi connectivity index (χ3n) is 0.557. The summed E-state index contributed by atoms with van der Waals surface area (Å²) in [6, 6.07) is 0. The van der Waals surface area contributed by atoms with E-state index < -0.39 is 5.97 Å². The van der Waals surface area contributed by atoms with Gasteiger partial charge in [-0.2, -0.15) is 0 Å². The summed E-state index contributed by atoms with van der Waals surface area (Å²) in [4.78, 5) is 18.5. The third-order valence-corrected chi connectivity index (χ3v) is 0.557. The van der Waals surface area contributed by atoms with Gasteiger partial charge in [-0.15, -0.1) is 7.05 Å². The molecule has 0 aromatic heterocycles. The summed E-state index contributed by atoms with van der Waals surface area (Å²) >= 11 is 0. The molecule has 0 aromatic rings. The van der Waals surface area contributed by atoms with Crippen LogP contribution >= 0.6 is 0 Å². The molecule has 1 radical (unpaired) electrons. The molecule has 0 spiro atoms. The first-order valence-electron chi connectivity index (χ1n) is 5.93. The Hall–Kier alpha value is -0.588. The number of carboxylic acid groups (broad SMARTS) is 1. The molecule has 0 aliphatic rings. The van der Waals surface area contributed by atoms with Crippen LogP contribution in [0, 0.1) is 58.0 Å². The average molecular weight is 824 g/mol. The van der Waals surface area contributed by atoms with Gasteiger partial charge in [-0.3, -0.25) is 0 Å². The van der Waals surface area contributed by atoms with E-state index in [9.17, 15) is 9.90 Å². The van der Waals surface area contributed by atoms with E-state index in [2.05, 4.69) is 14.0 Å². The summed E-state index contributed by atoms with van der Waals surface area (Å²) in [5.74, 6) is -1.06. The van der Waals surface area contributed by atoms with Crippen LogP contribution in [0.4, 0.5) is 0 Å². The van der Waals surface area contributed by atoms with Gasteiger partial charge >= 0.3 is 0 Å². The summed E-state index contributed by atoms with van der Waals surface area (Å²) in [7, 11) is 6.91. The van der Waals surface area contributed by atoms with Gasteiger partial charge in [0.2, 0.25) is 0 Å². The van der Waals surface area contributed by atoms with E-state index >= 15 is 0 Å². The van der Waals surface area contributed by atoms with Gasteiger partial charge in [0.05, 0.1) is 12.5 Å². The molecule has 6 heteroatoms. The largest absolute Gasteiger partial charge is 0.544 e. The molecule has 0 amide bonds. The van der Waals surface area contributed by atoms with Crippen LogP contribution in [0.5, 0.6) is 0 Å². The van der Waals surface area contributed by atoms with Gasteiger partial charge < -0.3 is 26.1 Å². The molecule has 0 atom stereocenters. The number of carbonyl (C=O) groups is 2. The molecule has 153 valence electrons. The van der Waals surface area contributed by atoms with Crippen molar-refractivity contribution in [1.29, 1.82) is 0 Å². The van der Waals surface area contributed by atoms with Crippen molar-refractivity contribution in [3.63, 3.8) is 0 Å². The van der Waals surface area contributed by atoms with E-state index in [1.165, 1.54) is 0 Å². The van der Waals surface area contributed by atoms with Crippen molar-refractivity contribution < 1.29 is 63.2 Å². The normalized spacial score (nSPS) is 5.04. The van der Waals surface area contributed by atoms with Gasteiger partial charge in [0.25, 0.3) is 0 Å². The summed E-state index contributed by atoms with van der Waals surface area (Å²) in [5.41, 5.74) is 0. The Morgan fingerprint density at radius 2 is 1.04 bits per heavy atom. The van der Waals surface area contributed by atoms with Crippen LogP contribution < -0.4 is 5.11 Å². The molecular weight excluding hydrogens is 772 g/mol. The van der Waals surface area contributed by atoms with Gasteiger partial charge in [0, 0.05) is 58.2 Å². The Morgan fingerprint density at radius 3 is 1.04 bits per heavy atom. The smallest absolute Gasteiger partial charge is 0.0945 e. The van der Waals surface area contributed by atoms with Gasteiger partial charge in [-0.05, 0) is 6.29 Å². The maximum Gasteiger partial charge on any atom is 0.0945 e. The van der Waals surface area contributed by atoms with Crippen LogP contribution in [0.2, 0.25) is 0 Å². The average Bonchev–Trinajstić information content (AvgIpc) is 2.24. The zero-order valence-corrected chi connectivity index (χ0v) is 25.3. The molecule has 0 aromatic carbocycles. The minimum absolute atomic E-state index is 0. The molecule has 0 aliphatic carbocycles. The van der Waals surface area contributed by atoms with E-state index in [4.69, 9.17) is 4.79 Å². The van der Waals surface area contributed by atoms with Crippen molar-refractivity contribution >= 4 is 12.3 Å². The first-order valence-corrected chi connectivity index (χ1v) is 5.93. The number of hydrogen-bond donors (Lipinski definition) is 0. The van der Waals surface area contributed by atoms with E-state index in [1.807, 2.05) is 41.5 Å². The Bertz CT molecular complexity index is 143. The molecule has 0 fully saturated rings. The number of carboxylic acids is 1. The second-order valence-electron chi connectivity index (χ2n) is 2.63. The van der Waals surface area contributed by atoms with Crippen LogP contribution in [0.25, 0.3) is 0 Å². The zero-order valence-electron chi connectivity index (χ0n) is 14.2. The van der Waals surface area contributed by atoms with Gasteiger partial charge in [-0.25, -0.2) is 0 Å². The second-order valence-corrected chi connectivity index (χ2v) is 2.63. The van der Waals surface area contributed by atoms with Crippen LogP contribution in [0.1, 0.15) is 78.7 Å². The number of hydrogen-bond acceptors (Lipinski definition) is 3. The van der Waals surface area contributed by atoms with E-state index in [0.717, 1.165) is 0 Å². The van der Waals surface area contributed by atoms with Crippen molar-refractivity contribution in [1.82, 2.24) is 0 Å². The quantitative estimate of drug-likeness (QED) is 0.227. The van der Waals surface area contributed by atoms with Crippen LogP contribution in [-0.2, 0) is 9.59 Å². The van der Waals surface area contributed by atoms with Crippen molar-refractivity contribution in [2.45, 2.75) is 78.7 Å². The number of aldehydes is 1. The topological polar surface area (TPSA) is 57.2 Å². The number of likely N-dealkylation sites (N-methyl/N-ethyl adjacent to an activating group) is 1. The first kappa shape index (κ1) is 90.3. The monoisotopic (exact) mass is 824 g/mol. The number of rotatable bonds is 2. The fourth-order valence-electron chi connectivity index (χ4n) is 0.349. The molecule has 0 heterocycles. The van der Waals surface area contributed by atoms with Gasteiger partial charge in [0.1, 0.15) is 0 Å². The minimum Gasteiger partial charge on any atom is -0.544 e. The zero-order chi connectivity index (χ0) is 15.5. The Kier molecular flexibility index (Phi) is 357. The van der Waals surface area contributed by atoms with E-state index in [-0.39, 0.29) is 92.2 Å². The number of aliphatic carboxylic acids is 1. The fraction of sp³-hybridized carbons (Fsp3) is 0.778. The Morgan fingerprint density at radius 1 is 0.917 bits per heavy atom. The Balaban J connectivity index is -0.00000000803. The number of carbonyl (C=O) groups excluding carboxylic acids is 2. The molecule has 0 N–H and O–H groups in total. The minimum atomic E-state index is -1.06. The molecule has 0 rings (SSSR count). The predicted molar refractivity (Wildman–Crippen MR) is 106 cm³/mol. The molecule has 0 aliphatic heterocycles. The second kappa shape index (κ2) is 94.8. The first-order chi connectivity index (χ1) is 7.83. The van der Waals surface area contributed by atoms with Gasteiger partial charge in [-0.1, -0.05) is 78.7 Å². The standard InChI is InChI=1S/C5H11NO2.C2H3O.3C2H6.5CH4.Ac.Rf/c1-6(2,3)4-5(7)8;1-2-3;3*1-2;;;;;;;/h1,4H2,2-3H3,(H,7,8);2H,1H2;3*1-2H3;5*1H4;;/q;-1;;;;;;;;;;/p-1. The molecule has 24 heavy (non-hydrogen) atoms. The molecule has 4 nitrogen and oxygen atoms in total. The maximum absolute atomic E-state index is 9.85. The van der Waals surface area contributed by atoms with Crippen LogP contribution in [-0.4, -0.2) is 37.4 Å². The number of nitrogens with zero attached hydrogens (tertiary/aromatic N) is 1. The van der Waals surface area contributed by atoms with Crippen LogP contribution in [0.15, 0.2) is 0 Å². The van der Waals surface area contributed by atoms with Crippen molar-refractivity contribution in [2.24, 2.45) is 0 Å². The van der Waals surface area contributed by atoms with Crippen molar-refractivity contribution in [3.05, 3.63) is 14.0 Å². The molecular formula is C18H51AcNO3Rf-2. The van der Waals surface area contributed by atoms with Gasteiger partial charge in [0.15, 0.2) is 0 Å². The predicted octanol–water partition coefficient (Wildman–Crippen LogP) is 4.88. The molecule has 0 saturated heterocycles. The summed E-state index contributed by atoms with van der Waals surface area (Å²) in [6.45, 7) is 14.8.